The topological polar surface area (TPSA) is 52.6 Å². The van der Waals surface area contributed by atoms with E-state index in [0.29, 0.717) is 5.56 Å². The van der Waals surface area contributed by atoms with Crippen molar-refractivity contribution in [3.63, 3.8) is 0 Å². The number of hydrogen-bond donors (Lipinski definition) is 2. The fourth-order valence-electron chi connectivity index (χ4n) is 2.12. The number of amides is 1. The van der Waals surface area contributed by atoms with Gasteiger partial charge in [-0.3, -0.25) is 4.79 Å². The van der Waals surface area contributed by atoms with E-state index in [1.54, 1.807) is 18.2 Å². The summed E-state index contributed by atoms with van der Waals surface area (Å²) in [5.41, 5.74) is 1.63. The normalized spacial score (nSPS) is 15.9. The molecule has 0 aliphatic carbocycles. The van der Waals surface area contributed by atoms with Crippen LogP contribution in [0.3, 0.4) is 0 Å². The monoisotopic (exact) mass is 234 g/mol. The summed E-state index contributed by atoms with van der Waals surface area (Å²) in [7, 11) is 0. The Balaban J connectivity index is 2.23. The van der Waals surface area contributed by atoms with E-state index in [-0.39, 0.29) is 11.7 Å². The van der Waals surface area contributed by atoms with E-state index in [0.717, 1.165) is 38.2 Å². The van der Waals surface area contributed by atoms with Crippen molar-refractivity contribution in [3.8, 4) is 5.75 Å². The number of carbonyl (C=O) groups is 1. The van der Waals surface area contributed by atoms with E-state index in [4.69, 9.17) is 0 Å². The molecule has 0 atom stereocenters. The lowest BCUT2D eigenvalue weighted by atomic mass is 10.0. The second kappa shape index (κ2) is 5.19. The molecule has 17 heavy (non-hydrogen) atoms. The average Bonchev–Trinajstić information content (AvgIpc) is 2.39. The molecule has 0 radical (unpaired) electrons. The van der Waals surface area contributed by atoms with Crippen LogP contribution in [0.25, 0.3) is 0 Å². The number of nitrogens with zero attached hydrogens (tertiary/aromatic N) is 1. The zero-order valence-electron chi connectivity index (χ0n) is 10.1. The molecule has 1 fully saturated rings. The van der Waals surface area contributed by atoms with Crippen LogP contribution < -0.4 is 5.32 Å². The smallest absolute Gasteiger partial charge is 0.254 e. The van der Waals surface area contributed by atoms with Crippen LogP contribution in [0.4, 0.5) is 0 Å². The van der Waals surface area contributed by atoms with Gasteiger partial charge in [0.15, 0.2) is 0 Å². The Bertz CT molecular complexity index is 412. The first-order valence-corrected chi connectivity index (χ1v) is 6.04. The summed E-state index contributed by atoms with van der Waals surface area (Å²) >= 11 is 0. The van der Waals surface area contributed by atoms with Gasteiger partial charge in [0, 0.05) is 31.7 Å². The van der Waals surface area contributed by atoms with Crippen molar-refractivity contribution in [3.05, 3.63) is 29.3 Å². The highest BCUT2D eigenvalue weighted by Crippen LogP contribution is 2.19. The number of nitrogens with one attached hydrogen (secondary N) is 1. The van der Waals surface area contributed by atoms with Crippen molar-refractivity contribution in [1.82, 2.24) is 10.2 Å². The van der Waals surface area contributed by atoms with Crippen LogP contribution in [0.5, 0.6) is 5.75 Å². The van der Waals surface area contributed by atoms with E-state index < -0.39 is 0 Å². The second-order valence-corrected chi connectivity index (χ2v) is 4.24. The molecule has 1 amide bonds. The number of rotatable bonds is 2. The highest BCUT2D eigenvalue weighted by atomic mass is 16.3. The number of aromatic hydroxyl groups is 1. The third-order valence-corrected chi connectivity index (χ3v) is 3.10. The maximum Gasteiger partial charge on any atom is 0.254 e. The van der Waals surface area contributed by atoms with E-state index in [1.807, 2.05) is 11.8 Å². The largest absolute Gasteiger partial charge is 0.508 e. The van der Waals surface area contributed by atoms with Crippen LogP contribution in [0.2, 0.25) is 0 Å². The summed E-state index contributed by atoms with van der Waals surface area (Å²) in [5.74, 6) is 0.294. The van der Waals surface area contributed by atoms with Crippen molar-refractivity contribution >= 4 is 5.91 Å². The molecule has 92 valence electrons. The molecule has 1 aliphatic heterocycles. The van der Waals surface area contributed by atoms with E-state index in [9.17, 15) is 9.90 Å². The molecule has 0 unspecified atom stereocenters. The predicted molar refractivity (Wildman–Crippen MR) is 66.3 cm³/mol. The Morgan fingerprint density at radius 3 is 2.76 bits per heavy atom. The van der Waals surface area contributed by atoms with Gasteiger partial charge in [-0.15, -0.1) is 0 Å². The predicted octanol–water partition coefficient (Wildman–Crippen LogP) is 1.000. The molecule has 1 aromatic rings. The molecule has 1 aliphatic rings. The van der Waals surface area contributed by atoms with Gasteiger partial charge in [-0.25, -0.2) is 0 Å². The molecule has 4 nitrogen and oxygen atoms in total. The molecule has 2 N–H and O–H groups in total. The minimum atomic E-state index is 0.0725. The molecular formula is C13H18N2O2. The zero-order valence-corrected chi connectivity index (χ0v) is 10.1. The quantitative estimate of drug-likeness (QED) is 0.802. The molecule has 1 aromatic carbocycles. The van der Waals surface area contributed by atoms with Crippen molar-refractivity contribution in [2.24, 2.45) is 0 Å². The number of carbonyl (C=O) groups excluding carboxylic acids is 1. The lowest BCUT2D eigenvalue weighted by molar-refractivity contribution is 0.0734. The van der Waals surface area contributed by atoms with E-state index in [2.05, 4.69) is 5.32 Å². The molecule has 0 saturated carbocycles. The Hall–Kier alpha value is -1.55. The van der Waals surface area contributed by atoms with Gasteiger partial charge in [0.25, 0.3) is 5.91 Å². The number of phenolic OH excluding ortho intramolecular Hbond substituents is 1. The van der Waals surface area contributed by atoms with Crippen molar-refractivity contribution < 1.29 is 9.90 Å². The highest BCUT2D eigenvalue weighted by molar-refractivity contribution is 5.96. The van der Waals surface area contributed by atoms with Gasteiger partial charge in [0.1, 0.15) is 5.75 Å². The van der Waals surface area contributed by atoms with E-state index in [1.165, 1.54) is 0 Å². The lowest BCUT2D eigenvalue weighted by Crippen LogP contribution is -2.46. The summed E-state index contributed by atoms with van der Waals surface area (Å²) in [6, 6.07) is 4.97. The van der Waals surface area contributed by atoms with Crippen LogP contribution in [0.1, 0.15) is 22.8 Å². The van der Waals surface area contributed by atoms with Gasteiger partial charge < -0.3 is 15.3 Å². The molecule has 1 heterocycles. The molecule has 2 rings (SSSR count). The minimum absolute atomic E-state index is 0.0725. The van der Waals surface area contributed by atoms with Crippen LogP contribution in [-0.2, 0) is 6.42 Å². The van der Waals surface area contributed by atoms with Gasteiger partial charge in [0.2, 0.25) is 0 Å². The molecule has 4 heteroatoms. The zero-order chi connectivity index (χ0) is 12.3. The molecule has 1 saturated heterocycles. The van der Waals surface area contributed by atoms with Crippen molar-refractivity contribution in [1.29, 1.82) is 0 Å². The van der Waals surface area contributed by atoms with Crippen molar-refractivity contribution in [2.75, 3.05) is 26.2 Å². The third-order valence-electron chi connectivity index (χ3n) is 3.10. The first-order valence-electron chi connectivity index (χ1n) is 6.04. The second-order valence-electron chi connectivity index (χ2n) is 4.24. The van der Waals surface area contributed by atoms with Gasteiger partial charge in [-0.05, 0) is 30.2 Å². The van der Waals surface area contributed by atoms with Crippen LogP contribution >= 0.6 is 0 Å². The van der Waals surface area contributed by atoms with Gasteiger partial charge in [-0.2, -0.15) is 0 Å². The maximum absolute atomic E-state index is 12.3. The minimum Gasteiger partial charge on any atom is -0.508 e. The number of aryl methyl sites for hydroxylation is 1. The number of benzene rings is 1. The van der Waals surface area contributed by atoms with Gasteiger partial charge >= 0.3 is 0 Å². The summed E-state index contributed by atoms with van der Waals surface area (Å²) in [6.45, 7) is 5.20. The highest BCUT2D eigenvalue weighted by Gasteiger charge is 2.19. The maximum atomic E-state index is 12.3. The van der Waals surface area contributed by atoms with Gasteiger partial charge in [-0.1, -0.05) is 6.92 Å². The first kappa shape index (κ1) is 11.9. The average molecular weight is 234 g/mol. The SMILES string of the molecule is CCc1cc(O)ccc1C(=O)N1CCNCC1. The van der Waals surface area contributed by atoms with Gasteiger partial charge in [0.05, 0.1) is 0 Å². The fraction of sp³-hybridized carbons (Fsp3) is 0.462. The van der Waals surface area contributed by atoms with Crippen LogP contribution in [0.15, 0.2) is 18.2 Å². The fourth-order valence-corrected chi connectivity index (χ4v) is 2.12. The number of hydrogen-bond acceptors (Lipinski definition) is 3. The summed E-state index contributed by atoms with van der Waals surface area (Å²) < 4.78 is 0. The summed E-state index contributed by atoms with van der Waals surface area (Å²) in [4.78, 5) is 14.2. The van der Waals surface area contributed by atoms with E-state index >= 15 is 0 Å². The van der Waals surface area contributed by atoms with Crippen molar-refractivity contribution in [2.45, 2.75) is 13.3 Å². The molecular weight excluding hydrogens is 216 g/mol. The summed E-state index contributed by atoms with van der Waals surface area (Å²) in [6.07, 6.45) is 0.752. The Morgan fingerprint density at radius 1 is 1.41 bits per heavy atom. The third kappa shape index (κ3) is 2.58. The molecule has 0 spiro atoms. The Morgan fingerprint density at radius 2 is 2.12 bits per heavy atom. The van der Waals surface area contributed by atoms with Crippen LogP contribution in [0, 0.1) is 0 Å². The molecule has 0 aromatic heterocycles. The Kier molecular flexibility index (Phi) is 3.64. The number of piperazine rings is 1. The summed E-state index contributed by atoms with van der Waals surface area (Å²) in [5, 5.41) is 12.7. The van der Waals surface area contributed by atoms with Crippen LogP contribution in [-0.4, -0.2) is 42.1 Å². The molecule has 0 bridgehead atoms. The first-order chi connectivity index (χ1) is 8.22. The lowest BCUT2D eigenvalue weighted by Gasteiger charge is -2.28. The standard InChI is InChI=1S/C13H18N2O2/c1-2-10-9-11(16)3-4-12(10)13(17)15-7-5-14-6-8-15/h3-4,9,14,16H,2,5-8H2,1H3. The number of phenols is 1. The Labute approximate surface area is 101 Å².